The lowest BCUT2D eigenvalue weighted by Gasteiger charge is -2.00. The summed E-state index contributed by atoms with van der Waals surface area (Å²) in [7, 11) is 0. The molecule has 3 aromatic heterocycles. The number of aliphatic hydroxyl groups excluding tert-OH is 1. The monoisotopic (exact) mass is 262 g/mol. The Labute approximate surface area is 106 Å². The summed E-state index contributed by atoms with van der Waals surface area (Å²) in [6.07, 6.45) is 3.39. The lowest BCUT2D eigenvalue weighted by molar-refractivity contribution is 0.267. The third kappa shape index (κ3) is 1.76. The van der Waals surface area contributed by atoms with Gasteiger partial charge in [-0.05, 0) is 12.1 Å². The van der Waals surface area contributed by atoms with Crippen molar-refractivity contribution in [3.8, 4) is 11.4 Å². The van der Waals surface area contributed by atoms with Crippen LogP contribution in [-0.2, 0) is 0 Å². The molecule has 3 heterocycles. The molecule has 0 amide bonds. The van der Waals surface area contributed by atoms with E-state index in [0.717, 1.165) is 5.56 Å². The molecular formula is C10H10N6OS. The van der Waals surface area contributed by atoms with Gasteiger partial charge in [-0.1, -0.05) is 11.3 Å². The molecule has 0 aromatic carbocycles. The Morgan fingerprint density at radius 1 is 1.44 bits per heavy atom. The number of nitrogens with two attached hydrogens (primary N) is 1. The largest absolute Gasteiger partial charge is 0.394 e. The van der Waals surface area contributed by atoms with Gasteiger partial charge < -0.3 is 10.8 Å². The number of hydrogen-bond donors (Lipinski definition) is 2. The summed E-state index contributed by atoms with van der Waals surface area (Å²) in [6, 6.07) is 3.22. The summed E-state index contributed by atoms with van der Waals surface area (Å²) in [5.41, 5.74) is 6.56. The molecule has 0 aliphatic heterocycles. The minimum absolute atomic E-state index is 0.147. The van der Waals surface area contributed by atoms with Crippen molar-refractivity contribution in [1.29, 1.82) is 0 Å². The van der Waals surface area contributed by atoms with Gasteiger partial charge in [-0.2, -0.15) is 9.61 Å². The molecule has 18 heavy (non-hydrogen) atoms. The maximum absolute atomic E-state index is 9.02. The van der Waals surface area contributed by atoms with E-state index in [4.69, 9.17) is 10.8 Å². The molecule has 0 bridgehead atoms. The minimum atomic E-state index is -0.488. The molecule has 0 radical (unpaired) electrons. The van der Waals surface area contributed by atoms with E-state index >= 15 is 0 Å². The van der Waals surface area contributed by atoms with E-state index < -0.39 is 6.04 Å². The predicted octanol–water partition coefficient (Wildman–Crippen LogP) is 0.240. The summed E-state index contributed by atoms with van der Waals surface area (Å²) in [5.74, 6) is 0.616. The predicted molar refractivity (Wildman–Crippen MR) is 65.9 cm³/mol. The Morgan fingerprint density at radius 3 is 3.06 bits per heavy atom. The van der Waals surface area contributed by atoms with Crippen LogP contribution in [0.5, 0.6) is 0 Å². The molecule has 3 aromatic rings. The average Bonchev–Trinajstić information content (AvgIpc) is 2.98. The number of aromatic nitrogens is 5. The third-order valence-corrected chi connectivity index (χ3v) is 3.47. The first-order valence-electron chi connectivity index (χ1n) is 5.28. The molecule has 3 N–H and O–H groups in total. The van der Waals surface area contributed by atoms with Crippen molar-refractivity contribution in [2.75, 3.05) is 6.61 Å². The van der Waals surface area contributed by atoms with Gasteiger partial charge >= 0.3 is 0 Å². The Bertz CT molecular complexity index is 663. The van der Waals surface area contributed by atoms with E-state index in [-0.39, 0.29) is 6.61 Å². The van der Waals surface area contributed by atoms with Crippen LogP contribution >= 0.6 is 11.3 Å². The molecule has 1 atom stereocenters. The molecule has 0 aliphatic carbocycles. The number of nitrogens with zero attached hydrogens (tertiary/aromatic N) is 5. The maximum Gasteiger partial charge on any atom is 0.235 e. The van der Waals surface area contributed by atoms with Crippen molar-refractivity contribution < 1.29 is 5.11 Å². The summed E-state index contributed by atoms with van der Waals surface area (Å²) in [5, 5.41) is 22.1. The summed E-state index contributed by atoms with van der Waals surface area (Å²) in [4.78, 5) is 4.68. The zero-order valence-corrected chi connectivity index (χ0v) is 10.1. The van der Waals surface area contributed by atoms with Crippen LogP contribution in [-0.4, -0.2) is 36.5 Å². The van der Waals surface area contributed by atoms with Crippen LogP contribution in [0.1, 0.15) is 11.0 Å². The normalized spacial score (nSPS) is 13.0. The van der Waals surface area contributed by atoms with Crippen LogP contribution in [0.4, 0.5) is 0 Å². The fourth-order valence-corrected chi connectivity index (χ4v) is 2.37. The second kappa shape index (κ2) is 4.41. The molecule has 92 valence electrons. The molecule has 0 fully saturated rings. The van der Waals surface area contributed by atoms with E-state index in [1.54, 1.807) is 16.9 Å². The number of fused-ring (bicyclic) bond motifs is 1. The standard InChI is InChI=1S/C10H10N6OS/c11-7(5-17)9-15-16-8(13-14-10(16)18-9)6-2-1-3-12-4-6/h1-4,7,17H,5,11H2. The van der Waals surface area contributed by atoms with E-state index in [1.165, 1.54) is 11.3 Å². The van der Waals surface area contributed by atoms with E-state index in [2.05, 4.69) is 20.3 Å². The molecule has 0 aliphatic rings. The Kier molecular flexibility index (Phi) is 2.74. The van der Waals surface area contributed by atoms with Crippen LogP contribution in [0.2, 0.25) is 0 Å². The molecule has 7 nitrogen and oxygen atoms in total. The van der Waals surface area contributed by atoms with Gasteiger partial charge in [0.1, 0.15) is 5.01 Å². The van der Waals surface area contributed by atoms with Crippen molar-refractivity contribution in [2.24, 2.45) is 5.73 Å². The molecule has 3 rings (SSSR count). The van der Waals surface area contributed by atoms with Gasteiger partial charge in [0.2, 0.25) is 4.96 Å². The average molecular weight is 262 g/mol. The quantitative estimate of drug-likeness (QED) is 0.701. The SMILES string of the molecule is NC(CO)c1nn2c(-c3cccnc3)nnc2s1. The summed E-state index contributed by atoms with van der Waals surface area (Å²) < 4.78 is 1.62. The lowest BCUT2D eigenvalue weighted by Crippen LogP contribution is -2.14. The molecule has 1 unspecified atom stereocenters. The van der Waals surface area contributed by atoms with Crippen molar-refractivity contribution in [3.05, 3.63) is 29.5 Å². The molecule has 0 spiro atoms. The van der Waals surface area contributed by atoms with Crippen molar-refractivity contribution in [1.82, 2.24) is 24.8 Å². The highest BCUT2D eigenvalue weighted by atomic mass is 32.1. The molecular weight excluding hydrogens is 252 g/mol. The zero-order valence-electron chi connectivity index (χ0n) is 9.26. The Balaban J connectivity index is 2.11. The fourth-order valence-electron chi connectivity index (χ4n) is 1.53. The highest BCUT2D eigenvalue weighted by molar-refractivity contribution is 7.16. The minimum Gasteiger partial charge on any atom is -0.394 e. The maximum atomic E-state index is 9.02. The van der Waals surface area contributed by atoms with Gasteiger partial charge in [0, 0.05) is 18.0 Å². The van der Waals surface area contributed by atoms with Crippen LogP contribution < -0.4 is 5.73 Å². The van der Waals surface area contributed by atoms with Crippen molar-refractivity contribution in [2.45, 2.75) is 6.04 Å². The van der Waals surface area contributed by atoms with Gasteiger partial charge in [0.25, 0.3) is 0 Å². The highest BCUT2D eigenvalue weighted by Gasteiger charge is 2.16. The van der Waals surface area contributed by atoms with Gasteiger partial charge in [-0.15, -0.1) is 10.2 Å². The second-order valence-electron chi connectivity index (χ2n) is 3.69. The Morgan fingerprint density at radius 2 is 2.33 bits per heavy atom. The first kappa shape index (κ1) is 11.2. The number of aliphatic hydroxyl groups is 1. The van der Waals surface area contributed by atoms with Crippen molar-refractivity contribution >= 4 is 16.3 Å². The Hall–Kier alpha value is -1.90. The van der Waals surface area contributed by atoms with E-state index in [1.807, 2.05) is 12.1 Å². The second-order valence-corrected chi connectivity index (χ2v) is 4.68. The van der Waals surface area contributed by atoms with Gasteiger partial charge in [0.05, 0.1) is 12.6 Å². The van der Waals surface area contributed by atoms with Crippen LogP contribution in [0.3, 0.4) is 0 Å². The summed E-state index contributed by atoms with van der Waals surface area (Å²) >= 11 is 1.32. The van der Waals surface area contributed by atoms with Gasteiger partial charge in [-0.3, -0.25) is 4.98 Å². The highest BCUT2D eigenvalue weighted by Crippen LogP contribution is 2.23. The van der Waals surface area contributed by atoms with Gasteiger partial charge in [0.15, 0.2) is 5.82 Å². The van der Waals surface area contributed by atoms with Crippen LogP contribution in [0, 0.1) is 0 Å². The topological polar surface area (TPSA) is 102 Å². The van der Waals surface area contributed by atoms with Gasteiger partial charge in [-0.25, -0.2) is 0 Å². The summed E-state index contributed by atoms with van der Waals surface area (Å²) in [6.45, 7) is -0.147. The lowest BCUT2D eigenvalue weighted by atomic mass is 10.3. The third-order valence-electron chi connectivity index (χ3n) is 2.44. The number of pyridine rings is 1. The number of hydrogen-bond acceptors (Lipinski definition) is 7. The zero-order chi connectivity index (χ0) is 12.5. The van der Waals surface area contributed by atoms with E-state index in [0.29, 0.717) is 15.8 Å². The van der Waals surface area contributed by atoms with Crippen LogP contribution in [0.15, 0.2) is 24.5 Å². The molecule has 8 heteroatoms. The first-order chi connectivity index (χ1) is 8.79. The molecule has 0 saturated heterocycles. The number of rotatable bonds is 3. The molecule has 0 saturated carbocycles. The smallest absolute Gasteiger partial charge is 0.235 e. The van der Waals surface area contributed by atoms with Crippen molar-refractivity contribution in [3.63, 3.8) is 0 Å². The van der Waals surface area contributed by atoms with Crippen LogP contribution in [0.25, 0.3) is 16.3 Å². The van der Waals surface area contributed by atoms with E-state index in [9.17, 15) is 0 Å². The first-order valence-corrected chi connectivity index (χ1v) is 6.10. The fraction of sp³-hybridized carbons (Fsp3) is 0.200.